The van der Waals surface area contributed by atoms with Crippen molar-refractivity contribution in [3.05, 3.63) is 78.1 Å². The van der Waals surface area contributed by atoms with Crippen LogP contribution in [-0.2, 0) is 27.2 Å². The van der Waals surface area contributed by atoms with Crippen molar-refractivity contribution in [3.8, 4) is 17.1 Å². The fraction of sp³-hybridized carbons (Fsp3) is 0.250. The molecule has 0 aliphatic carbocycles. The normalized spacial score (nSPS) is 10.4. The lowest BCUT2D eigenvalue weighted by Gasteiger charge is -2.09. The molecule has 6 heteroatoms. The number of benzene rings is 2. The van der Waals surface area contributed by atoms with Gasteiger partial charge in [-0.3, -0.25) is 9.59 Å². The molecule has 2 aromatic carbocycles. The van der Waals surface area contributed by atoms with Crippen LogP contribution in [0.2, 0.25) is 0 Å². The summed E-state index contributed by atoms with van der Waals surface area (Å²) in [4.78, 5) is 23.8. The van der Waals surface area contributed by atoms with Crippen molar-refractivity contribution >= 4 is 11.9 Å². The number of carbonyl (C=O) groups is 2. The molecule has 0 saturated carbocycles. The van der Waals surface area contributed by atoms with Crippen LogP contribution in [0.4, 0.5) is 0 Å². The van der Waals surface area contributed by atoms with Gasteiger partial charge in [0.05, 0.1) is 13.5 Å². The van der Waals surface area contributed by atoms with Gasteiger partial charge in [0.25, 0.3) is 5.91 Å². The fourth-order valence-electron chi connectivity index (χ4n) is 3.01. The predicted octanol–water partition coefficient (Wildman–Crippen LogP) is 3.79. The summed E-state index contributed by atoms with van der Waals surface area (Å²) in [7, 11) is 1.61. The van der Waals surface area contributed by atoms with E-state index in [1.165, 1.54) is 0 Å². The molecule has 0 atom stereocenters. The summed E-state index contributed by atoms with van der Waals surface area (Å²) in [5.41, 5.74) is 1.99. The number of ether oxygens (including phenoxy) is 2. The summed E-state index contributed by atoms with van der Waals surface area (Å²) >= 11 is 0. The molecular formula is C24H25NO5. The van der Waals surface area contributed by atoms with Crippen LogP contribution >= 0.6 is 0 Å². The zero-order chi connectivity index (χ0) is 21.2. The van der Waals surface area contributed by atoms with Gasteiger partial charge in [-0.05, 0) is 30.2 Å². The highest BCUT2D eigenvalue weighted by molar-refractivity contribution is 5.80. The van der Waals surface area contributed by atoms with Crippen LogP contribution in [0.1, 0.15) is 17.7 Å². The van der Waals surface area contributed by atoms with Gasteiger partial charge in [0, 0.05) is 18.5 Å². The average Bonchev–Trinajstić information content (AvgIpc) is 3.26. The number of rotatable bonds is 10. The number of hydrogen-bond donors (Lipinski definition) is 1. The van der Waals surface area contributed by atoms with Crippen LogP contribution in [0.5, 0.6) is 5.75 Å². The van der Waals surface area contributed by atoms with Crippen molar-refractivity contribution in [1.82, 2.24) is 5.32 Å². The lowest BCUT2D eigenvalue weighted by atomic mass is 10.1. The molecule has 6 nitrogen and oxygen atoms in total. The zero-order valence-corrected chi connectivity index (χ0v) is 16.9. The Labute approximate surface area is 175 Å². The Bertz CT molecular complexity index is 964. The molecule has 30 heavy (non-hydrogen) atoms. The van der Waals surface area contributed by atoms with Gasteiger partial charge in [-0.25, -0.2) is 0 Å². The summed E-state index contributed by atoms with van der Waals surface area (Å²) in [5.74, 6) is 1.47. The van der Waals surface area contributed by atoms with Gasteiger partial charge in [0.15, 0.2) is 6.61 Å². The third-order valence-electron chi connectivity index (χ3n) is 4.57. The van der Waals surface area contributed by atoms with Crippen molar-refractivity contribution in [3.63, 3.8) is 0 Å². The second kappa shape index (κ2) is 10.9. The number of nitrogens with one attached hydrogen (secondary N) is 1. The van der Waals surface area contributed by atoms with Crippen LogP contribution in [0.25, 0.3) is 11.3 Å². The van der Waals surface area contributed by atoms with Crippen LogP contribution in [-0.4, -0.2) is 32.1 Å². The van der Waals surface area contributed by atoms with E-state index in [-0.39, 0.29) is 18.9 Å². The molecule has 0 radical (unpaired) electrons. The van der Waals surface area contributed by atoms with E-state index in [9.17, 15) is 9.59 Å². The molecule has 0 saturated heterocycles. The van der Waals surface area contributed by atoms with Gasteiger partial charge in [0.2, 0.25) is 0 Å². The van der Waals surface area contributed by atoms with Gasteiger partial charge in [-0.1, -0.05) is 48.5 Å². The lowest BCUT2D eigenvalue weighted by Crippen LogP contribution is -2.30. The first kappa shape index (κ1) is 21.2. The Morgan fingerprint density at radius 2 is 1.70 bits per heavy atom. The maximum atomic E-state index is 11.9. The molecule has 0 aliphatic rings. The smallest absolute Gasteiger partial charge is 0.306 e. The Balaban J connectivity index is 1.34. The molecule has 0 unspecified atom stereocenters. The average molecular weight is 407 g/mol. The van der Waals surface area contributed by atoms with E-state index >= 15 is 0 Å². The third-order valence-corrected chi connectivity index (χ3v) is 4.57. The molecule has 0 aliphatic heterocycles. The summed E-state index contributed by atoms with van der Waals surface area (Å²) in [6.45, 7) is 0.142. The topological polar surface area (TPSA) is 77.8 Å². The van der Waals surface area contributed by atoms with E-state index in [2.05, 4.69) is 5.32 Å². The van der Waals surface area contributed by atoms with Crippen LogP contribution < -0.4 is 10.1 Å². The summed E-state index contributed by atoms with van der Waals surface area (Å²) in [6.07, 6.45) is 1.20. The SMILES string of the molecule is COc1ccccc1CCNC(=O)COC(=O)CCc1ccc(-c2ccccc2)o1. The molecule has 0 bridgehead atoms. The third kappa shape index (κ3) is 6.24. The second-order valence-electron chi connectivity index (χ2n) is 6.70. The van der Waals surface area contributed by atoms with E-state index in [0.29, 0.717) is 25.1 Å². The largest absolute Gasteiger partial charge is 0.496 e. The highest BCUT2D eigenvalue weighted by Gasteiger charge is 2.11. The van der Waals surface area contributed by atoms with Crippen molar-refractivity contribution < 1.29 is 23.5 Å². The molecule has 1 aromatic heterocycles. The van der Waals surface area contributed by atoms with Gasteiger partial charge >= 0.3 is 5.97 Å². The molecule has 1 amide bonds. The number of amides is 1. The molecule has 1 N–H and O–H groups in total. The summed E-state index contributed by atoms with van der Waals surface area (Å²) < 4.78 is 16.1. The Hall–Kier alpha value is -3.54. The minimum absolute atomic E-state index is 0.149. The van der Waals surface area contributed by atoms with Gasteiger partial charge in [-0.15, -0.1) is 0 Å². The standard InChI is InChI=1S/C24H25NO5/c1-28-21-10-6-5-9-19(21)15-16-25-23(26)17-29-24(27)14-12-20-11-13-22(30-20)18-7-3-2-4-8-18/h2-11,13H,12,14-17H2,1H3,(H,25,26). The minimum atomic E-state index is -0.437. The van der Waals surface area contributed by atoms with Gasteiger partial charge in [-0.2, -0.15) is 0 Å². The van der Waals surface area contributed by atoms with Crippen molar-refractivity contribution in [2.24, 2.45) is 0 Å². The Morgan fingerprint density at radius 1 is 0.933 bits per heavy atom. The number of carbonyl (C=O) groups excluding carboxylic acids is 2. The minimum Gasteiger partial charge on any atom is -0.496 e. The monoisotopic (exact) mass is 407 g/mol. The van der Waals surface area contributed by atoms with E-state index in [4.69, 9.17) is 13.9 Å². The van der Waals surface area contributed by atoms with Crippen molar-refractivity contribution in [1.29, 1.82) is 0 Å². The molecular weight excluding hydrogens is 382 g/mol. The highest BCUT2D eigenvalue weighted by Crippen LogP contribution is 2.22. The maximum Gasteiger partial charge on any atom is 0.306 e. The zero-order valence-electron chi connectivity index (χ0n) is 16.9. The fourth-order valence-corrected chi connectivity index (χ4v) is 3.01. The van der Waals surface area contributed by atoms with Crippen LogP contribution in [0.3, 0.4) is 0 Å². The molecule has 156 valence electrons. The number of hydrogen-bond acceptors (Lipinski definition) is 5. The van der Waals surface area contributed by atoms with Crippen LogP contribution in [0, 0.1) is 0 Å². The van der Waals surface area contributed by atoms with Crippen LogP contribution in [0.15, 0.2) is 71.1 Å². The molecule has 1 heterocycles. The first-order chi connectivity index (χ1) is 14.7. The van der Waals surface area contributed by atoms with Crippen molar-refractivity contribution in [2.45, 2.75) is 19.3 Å². The van der Waals surface area contributed by atoms with Gasteiger partial charge < -0.3 is 19.2 Å². The Kier molecular flexibility index (Phi) is 7.66. The predicted molar refractivity (Wildman–Crippen MR) is 113 cm³/mol. The number of esters is 1. The number of para-hydroxylation sites is 1. The number of methoxy groups -OCH3 is 1. The molecule has 0 fully saturated rings. The van der Waals surface area contributed by atoms with E-state index < -0.39 is 5.97 Å². The summed E-state index contributed by atoms with van der Waals surface area (Å²) in [5, 5.41) is 2.74. The van der Waals surface area contributed by atoms with Gasteiger partial charge in [0.1, 0.15) is 17.3 Å². The maximum absolute atomic E-state index is 11.9. The van der Waals surface area contributed by atoms with E-state index in [1.54, 1.807) is 7.11 Å². The molecule has 0 spiro atoms. The highest BCUT2D eigenvalue weighted by atomic mass is 16.5. The first-order valence-corrected chi connectivity index (χ1v) is 9.84. The molecule has 3 rings (SSSR count). The number of furan rings is 1. The van der Waals surface area contributed by atoms with E-state index in [0.717, 1.165) is 22.6 Å². The van der Waals surface area contributed by atoms with Crippen molar-refractivity contribution in [2.75, 3.05) is 20.3 Å². The Morgan fingerprint density at radius 3 is 2.50 bits per heavy atom. The van der Waals surface area contributed by atoms with E-state index in [1.807, 2.05) is 66.7 Å². The molecule has 3 aromatic rings. The number of aryl methyl sites for hydroxylation is 1. The quantitative estimate of drug-likeness (QED) is 0.518. The first-order valence-electron chi connectivity index (χ1n) is 9.84. The lowest BCUT2D eigenvalue weighted by molar-refractivity contribution is -0.148. The summed E-state index contributed by atoms with van der Waals surface area (Å²) in [6, 6.07) is 21.1. The second-order valence-corrected chi connectivity index (χ2v) is 6.70.